The highest BCUT2D eigenvalue weighted by molar-refractivity contribution is 9.10. The predicted molar refractivity (Wildman–Crippen MR) is 75.6 cm³/mol. The second-order valence-corrected chi connectivity index (χ2v) is 5.92. The van der Waals surface area contributed by atoms with Gasteiger partial charge in [-0.25, -0.2) is 9.97 Å². The van der Waals surface area contributed by atoms with Crippen molar-refractivity contribution in [1.82, 2.24) is 9.97 Å². The van der Waals surface area contributed by atoms with Crippen LogP contribution in [0.3, 0.4) is 0 Å². The van der Waals surface area contributed by atoms with E-state index in [9.17, 15) is 0 Å². The summed E-state index contributed by atoms with van der Waals surface area (Å²) in [5.74, 6) is 0.969. The average Bonchev–Trinajstić information content (AvgIpc) is 2.68. The van der Waals surface area contributed by atoms with Gasteiger partial charge in [0.15, 0.2) is 0 Å². The summed E-state index contributed by atoms with van der Waals surface area (Å²) >= 11 is 5.14. The largest absolute Gasteiger partial charge is 0.354 e. The van der Waals surface area contributed by atoms with E-state index in [0.717, 1.165) is 27.5 Å². The van der Waals surface area contributed by atoms with Crippen molar-refractivity contribution in [3.05, 3.63) is 38.4 Å². The van der Waals surface area contributed by atoms with E-state index in [1.165, 1.54) is 5.56 Å². The lowest BCUT2D eigenvalue weighted by atomic mass is 10.3. The third-order valence-electron chi connectivity index (χ3n) is 2.49. The molecule has 0 aliphatic heterocycles. The molecule has 5 heteroatoms. The third kappa shape index (κ3) is 3.04. The summed E-state index contributed by atoms with van der Waals surface area (Å²) in [7, 11) is 2.03. The second kappa shape index (κ2) is 5.14. The van der Waals surface area contributed by atoms with E-state index in [2.05, 4.69) is 49.2 Å². The average molecular weight is 312 g/mol. The van der Waals surface area contributed by atoms with Crippen LogP contribution in [0.4, 0.5) is 5.82 Å². The van der Waals surface area contributed by atoms with Crippen molar-refractivity contribution in [2.24, 2.45) is 0 Å². The topological polar surface area (TPSA) is 29.0 Å². The molecule has 2 rings (SSSR count). The number of nitrogens with zero attached hydrogens (tertiary/aromatic N) is 3. The van der Waals surface area contributed by atoms with Crippen molar-refractivity contribution in [1.29, 1.82) is 0 Å². The summed E-state index contributed by atoms with van der Waals surface area (Å²) in [6.45, 7) is 4.88. The van der Waals surface area contributed by atoms with Gasteiger partial charge in [-0.1, -0.05) is 0 Å². The molecule has 2 aromatic heterocycles. The number of pyridine rings is 1. The Hall–Kier alpha value is -0.940. The van der Waals surface area contributed by atoms with Crippen molar-refractivity contribution in [2.45, 2.75) is 20.4 Å². The summed E-state index contributed by atoms with van der Waals surface area (Å²) < 4.78 is 1.04. The second-order valence-electron chi connectivity index (χ2n) is 4.01. The molecule has 0 aliphatic rings. The first-order valence-corrected chi connectivity index (χ1v) is 6.98. The Morgan fingerprint density at radius 3 is 2.76 bits per heavy atom. The lowest BCUT2D eigenvalue weighted by Crippen LogP contribution is -2.18. The van der Waals surface area contributed by atoms with Crippen molar-refractivity contribution in [3.63, 3.8) is 0 Å². The molecule has 0 aliphatic carbocycles. The van der Waals surface area contributed by atoms with Gasteiger partial charge >= 0.3 is 0 Å². The molecule has 0 bridgehead atoms. The number of rotatable bonds is 3. The molecule has 0 aromatic carbocycles. The molecule has 0 saturated carbocycles. The van der Waals surface area contributed by atoms with Crippen LogP contribution in [-0.2, 0) is 6.54 Å². The molecule has 0 fully saturated rings. The first-order chi connectivity index (χ1) is 8.06. The molecule has 17 heavy (non-hydrogen) atoms. The van der Waals surface area contributed by atoms with Crippen LogP contribution in [0.25, 0.3) is 0 Å². The van der Waals surface area contributed by atoms with Crippen LogP contribution in [0.1, 0.15) is 16.3 Å². The van der Waals surface area contributed by atoms with Crippen LogP contribution in [0, 0.1) is 13.8 Å². The third-order valence-corrected chi connectivity index (χ3v) is 4.14. The van der Waals surface area contributed by atoms with Crippen molar-refractivity contribution in [2.75, 3.05) is 11.9 Å². The maximum atomic E-state index is 4.46. The van der Waals surface area contributed by atoms with Crippen molar-refractivity contribution >= 4 is 33.1 Å². The minimum Gasteiger partial charge on any atom is -0.354 e. The van der Waals surface area contributed by atoms with E-state index in [1.807, 2.05) is 20.2 Å². The maximum Gasteiger partial charge on any atom is 0.128 e. The van der Waals surface area contributed by atoms with Crippen LogP contribution in [0.2, 0.25) is 0 Å². The molecule has 3 nitrogen and oxygen atoms in total. The molecule has 0 amide bonds. The Balaban J connectivity index is 2.14. The zero-order valence-electron chi connectivity index (χ0n) is 10.1. The van der Waals surface area contributed by atoms with Crippen molar-refractivity contribution < 1.29 is 0 Å². The van der Waals surface area contributed by atoms with Crippen LogP contribution < -0.4 is 4.90 Å². The van der Waals surface area contributed by atoms with E-state index in [0.29, 0.717) is 0 Å². The highest BCUT2D eigenvalue weighted by atomic mass is 79.9. The van der Waals surface area contributed by atoms with Crippen LogP contribution in [-0.4, -0.2) is 17.0 Å². The van der Waals surface area contributed by atoms with Gasteiger partial charge in [0.2, 0.25) is 0 Å². The first kappa shape index (κ1) is 12.5. The fraction of sp³-hybridized carbons (Fsp3) is 0.333. The molecular weight excluding hydrogens is 298 g/mol. The van der Waals surface area contributed by atoms with E-state index in [4.69, 9.17) is 0 Å². The van der Waals surface area contributed by atoms with E-state index < -0.39 is 0 Å². The van der Waals surface area contributed by atoms with E-state index >= 15 is 0 Å². The number of hydrogen-bond donors (Lipinski definition) is 0. The predicted octanol–water partition coefficient (Wildman–Crippen LogP) is 3.55. The number of halogens is 1. The molecule has 0 N–H and O–H groups in total. The Morgan fingerprint density at radius 1 is 1.41 bits per heavy atom. The Morgan fingerprint density at radius 2 is 2.18 bits per heavy atom. The van der Waals surface area contributed by atoms with Gasteiger partial charge in [-0.3, -0.25) is 0 Å². The normalized spacial score (nSPS) is 10.6. The highest BCUT2D eigenvalue weighted by Crippen LogP contribution is 2.20. The van der Waals surface area contributed by atoms with Gasteiger partial charge in [0.25, 0.3) is 0 Å². The number of anilines is 1. The molecule has 0 atom stereocenters. The van der Waals surface area contributed by atoms with Crippen molar-refractivity contribution in [3.8, 4) is 0 Å². The monoisotopic (exact) mass is 311 g/mol. The van der Waals surface area contributed by atoms with Gasteiger partial charge in [-0.2, -0.15) is 0 Å². The fourth-order valence-corrected chi connectivity index (χ4v) is 2.36. The summed E-state index contributed by atoms with van der Waals surface area (Å²) in [5, 5.41) is 3.20. The lowest BCUT2D eigenvalue weighted by molar-refractivity contribution is 0.868. The number of aryl methyl sites for hydroxylation is 2. The zero-order chi connectivity index (χ0) is 12.4. The van der Waals surface area contributed by atoms with Gasteiger partial charge < -0.3 is 4.90 Å². The molecular formula is C12H14BrN3S. The maximum absolute atomic E-state index is 4.46. The molecule has 90 valence electrons. The van der Waals surface area contributed by atoms with Gasteiger partial charge in [0.05, 0.1) is 17.2 Å². The number of hydrogen-bond acceptors (Lipinski definition) is 4. The van der Waals surface area contributed by atoms with E-state index in [-0.39, 0.29) is 0 Å². The minimum absolute atomic E-state index is 0.790. The van der Waals surface area contributed by atoms with Crippen LogP contribution >= 0.6 is 27.3 Å². The lowest BCUT2D eigenvalue weighted by Gasteiger charge is -2.17. The highest BCUT2D eigenvalue weighted by Gasteiger charge is 2.07. The minimum atomic E-state index is 0.790. The molecule has 0 spiro atoms. The molecule has 2 aromatic rings. The summed E-state index contributed by atoms with van der Waals surface area (Å²) in [4.78, 5) is 11.0. The van der Waals surface area contributed by atoms with Crippen LogP contribution in [0.15, 0.2) is 22.1 Å². The quantitative estimate of drug-likeness (QED) is 0.868. The van der Waals surface area contributed by atoms with Crippen LogP contribution in [0.5, 0.6) is 0 Å². The molecule has 0 radical (unpaired) electrons. The number of aromatic nitrogens is 2. The molecule has 2 heterocycles. The fourth-order valence-electron chi connectivity index (χ4n) is 1.54. The van der Waals surface area contributed by atoms with Gasteiger partial charge in [0, 0.05) is 23.1 Å². The Labute approximate surface area is 114 Å². The summed E-state index contributed by atoms with van der Waals surface area (Å²) in [5.41, 5.74) is 2.29. The van der Waals surface area contributed by atoms with Gasteiger partial charge in [-0.05, 0) is 41.4 Å². The summed E-state index contributed by atoms with van der Waals surface area (Å²) in [6.07, 6.45) is 1.84. The van der Waals surface area contributed by atoms with Gasteiger partial charge in [0.1, 0.15) is 5.82 Å². The van der Waals surface area contributed by atoms with E-state index in [1.54, 1.807) is 11.3 Å². The molecule has 0 saturated heterocycles. The molecule has 0 unspecified atom stereocenters. The summed E-state index contributed by atoms with van der Waals surface area (Å²) in [6, 6.07) is 2.07. The SMILES string of the molecule is Cc1nc(CN(C)c2cc(C)c(Br)cn2)cs1. The number of thiazole rings is 1. The Kier molecular flexibility index (Phi) is 3.79. The smallest absolute Gasteiger partial charge is 0.128 e. The zero-order valence-corrected chi connectivity index (χ0v) is 12.5. The van der Waals surface area contributed by atoms with Gasteiger partial charge in [-0.15, -0.1) is 11.3 Å². The first-order valence-electron chi connectivity index (χ1n) is 5.30. The Bertz CT molecular complexity index is 524. The standard InChI is InChI=1S/C12H14BrN3S/c1-8-4-12(14-5-11(8)13)16(3)6-10-7-17-9(2)15-10/h4-5,7H,6H2,1-3H3.